The topological polar surface area (TPSA) is 53.0 Å². The van der Waals surface area contributed by atoms with Gasteiger partial charge < -0.3 is 10.7 Å². The third-order valence-electron chi connectivity index (χ3n) is 7.13. The molecule has 0 aromatic heterocycles. The molecule has 4 unspecified atom stereocenters. The first kappa shape index (κ1) is 23.8. The Hall–Kier alpha value is -1.90. The Kier molecular flexibility index (Phi) is 9.36. The molecule has 31 heavy (non-hydrogen) atoms. The lowest BCUT2D eigenvalue weighted by Gasteiger charge is -2.28. The second-order valence-corrected chi connectivity index (χ2v) is 10.1. The Bertz CT molecular complexity index is 722. The van der Waals surface area contributed by atoms with Crippen LogP contribution < -0.4 is 5.32 Å². The Morgan fingerprint density at radius 3 is 2.58 bits per heavy atom. The van der Waals surface area contributed by atoms with E-state index in [2.05, 4.69) is 61.6 Å². The van der Waals surface area contributed by atoms with E-state index in [0.717, 1.165) is 25.0 Å². The van der Waals surface area contributed by atoms with Crippen molar-refractivity contribution in [2.75, 3.05) is 0 Å². The van der Waals surface area contributed by atoms with E-state index in [-0.39, 0.29) is 5.91 Å². The Balaban J connectivity index is 1.32. The van der Waals surface area contributed by atoms with Crippen molar-refractivity contribution in [3.63, 3.8) is 0 Å². The molecule has 1 fully saturated rings. The fourth-order valence-electron chi connectivity index (χ4n) is 5.20. The summed E-state index contributed by atoms with van der Waals surface area (Å²) < 4.78 is 0. The molecule has 0 heterocycles. The number of nitrogens with one attached hydrogen (secondary N) is 2. The number of allylic oxidation sites excluding steroid dienone is 2. The highest BCUT2D eigenvalue weighted by Crippen LogP contribution is 2.36. The van der Waals surface area contributed by atoms with Gasteiger partial charge in [-0.05, 0) is 74.3 Å². The summed E-state index contributed by atoms with van der Waals surface area (Å²) in [5, 5.41) is 11.5. The van der Waals surface area contributed by atoms with E-state index in [1.165, 1.54) is 50.5 Å². The Morgan fingerprint density at radius 2 is 1.84 bits per heavy atom. The summed E-state index contributed by atoms with van der Waals surface area (Å²) >= 11 is 0. The first-order chi connectivity index (χ1) is 15.0. The lowest BCUT2D eigenvalue weighted by Crippen LogP contribution is -2.25. The van der Waals surface area contributed by atoms with Crippen molar-refractivity contribution in [3.8, 4) is 0 Å². The quantitative estimate of drug-likeness (QED) is 0.321. The lowest BCUT2D eigenvalue weighted by molar-refractivity contribution is -0.121. The SMILES string of the molecule is CC(CCc1ccccc1)CC(C)C1C(=N)C=CC1CCCCCCC(=O)NC1CC1. The minimum atomic E-state index is 0.241. The molecule has 1 aromatic rings. The zero-order valence-electron chi connectivity index (χ0n) is 19.6. The van der Waals surface area contributed by atoms with Crippen LogP contribution >= 0.6 is 0 Å². The summed E-state index contributed by atoms with van der Waals surface area (Å²) in [6, 6.07) is 11.3. The molecule has 2 aliphatic rings. The fraction of sp³-hybridized carbons (Fsp3) is 0.643. The summed E-state index contributed by atoms with van der Waals surface area (Å²) in [6.45, 7) is 4.73. The van der Waals surface area contributed by atoms with Gasteiger partial charge in [0.05, 0.1) is 0 Å². The first-order valence-electron chi connectivity index (χ1n) is 12.6. The molecule has 3 heteroatoms. The van der Waals surface area contributed by atoms with E-state index in [1.54, 1.807) is 0 Å². The van der Waals surface area contributed by atoms with E-state index >= 15 is 0 Å². The van der Waals surface area contributed by atoms with Gasteiger partial charge in [0.1, 0.15) is 0 Å². The molecule has 1 aromatic carbocycles. The van der Waals surface area contributed by atoms with Gasteiger partial charge in [-0.3, -0.25) is 4.79 Å². The number of rotatable bonds is 14. The van der Waals surface area contributed by atoms with Crippen LogP contribution in [0.4, 0.5) is 0 Å². The number of hydrogen-bond acceptors (Lipinski definition) is 2. The van der Waals surface area contributed by atoms with Gasteiger partial charge in [-0.2, -0.15) is 0 Å². The van der Waals surface area contributed by atoms with Crippen LogP contribution in [0.1, 0.15) is 83.6 Å². The van der Waals surface area contributed by atoms with Gasteiger partial charge in [0, 0.05) is 24.1 Å². The van der Waals surface area contributed by atoms with E-state index in [1.807, 2.05) is 0 Å². The molecule has 0 aliphatic heterocycles. The van der Waals surface area contributed by atoms with Gasteiger partial charge in [0.2, 0.25) is 5.91 Å². The van der Waals surface area contributed by atoms with Crippen LogP contribution in [0.3, 0.4) is 0 Å². The van der Waals surface area contributed by atoms with Crippen molar-refractivity contribution in [2.45, 2.75) is 90.5 Å². The van der Waals surface area contributed by atoms with Crippen LogP contribution in [-0.4, -0.2) is 17.7 Å². The van der Waals surface area contributed by atoms with Gasteiger partial charge in [0.15, 0.2) is 0 Å². The lowest BCUT2D eigenvalue weighted by atomic mass is 9.76. The molecule has 4 atom stereocenters. The van der Waals surface area contributed by atoms with Gasteiger partial charge in [-0.25, -0.2) is 0 Å². The number of unbranched alkanes of at least 4 members (excludes halogenated alkanes) is 3. The summed E-state index contributed by atoms with van der Waals surface area (Å²) in [5.74, 6) is 2.41. The van der Waals surface area contributed by atoms with Crippen molar-refractivity contribution in [1.82, 2.24) is 5.32 Å². The third-order valence-corrected chi connectivity index (χ3v) is 7.13. The number of amides is 1. The average molecular weight is 423 g/mol. The van der Waals surface area contributed by atoms with Crippen molar-refractivity contribution < 1.29 is 4.79 Å². The van der Waals surface area contributed by atoms with Crippen LogP contribution in [-0.2, 0) is 11.2 Å². The molecule has 0 saturated heterocycles. The highest BCUT2D eigenvalue weighted by atomic mass is 16.1. The van der Waals surface area contributed by atoms with E-state index in [4.69, 9.17) is 5.41 Å². The number of carbonyl (C=O) groups is 1. The maximum Gasteiger partial charge on any atom is 0.220 e. The van der Waals surface area contributed by atoms with Crippen molar-refractivity contribution in [3.05, 3.63) is 48.0 Å². The molecule has 0 radical (unpaired) electrons. The summed E-state index contributed by atoms with van der Waals surface area (Å²) in [7, 11) is 0. The van der Waals surface area contributed by atoms with Gasteiger partial charge in [-0.1, -0.05) is 69.5 Å². The summed E-state index contributed by atoms with van der Waals surface area (Å²) in [6.07, 6.45) is 16.7. The maximum atomic E-state index is 11.8. The molecule has 3 rings (SSSR count). The zero-order chi connectivity index (χ0) is 22.1. The highest BCUT2D eigenvalue weighted by molar-refractivity contribution is 5.97. The molecule has 2 aliphatic carbocycles. The molecule has 3 nitrogen and oxygen atoms in total. The van der Waals surface area contributed by atoms with E-state index < -0.39 is 0 Å². The standard InChI is InChI=1S/C28H42N2O/c1-21(14-15-23-10-6-5-7-11-23)20-22(2)28-24(16-19-26(28)29)12-8-3-4-9-13-27(31)30-25-17-18-25/h5-7,10-11,16,19,21-22,24-25,28-29H,3-4,8-9,12-15,17-18,20H2,1-2H3,(H,30,31). The number of benzene rings is 1. The number of hydrogen-bond donors (Lipinski definition) is 2. The fourth-order valence-corrected chi connectivity index (χ4v) is 5.20. The Morgan fingerprint density at radius 1 is 1.10 bits per heavy atom. The minimum Gasteiger partial charge on any atom is -0.353 e. The number of aryl methyl sites for hydroxylation is 1. The minimum absolute atomic E-state index is 0.241. The molecule has 170 valence electrons. The monoisotopic (exact) mass is 422 g/mol. The van der Waals surface area contributed by atoms with E-state index in [0.29, 0.717) is 36.1 Å². The van der Waals surface area contributed by atoms with Crippen molar-refractivity contribution in [2.24, 2.45) is 23.7 Å². The second-order valence-electron chi connectivity index (χ2n) is 10.1. The Labute approximate surface area is 189 Å². The van der Waals surface area contributed by atoms with Crippen LogP contribution in [0.2, 0.25) is 0 Å². The van der Waals surface area contributed by atoms with Crippen LogP contribution in [0.25, 0.3) is 0 Å². The highest BCUT2D eigenvalue weighted by Gasteiger charge is 2.32. The molecular weight excluding hydrogens is 380 g/mol. The van der Waals surface area contributed by atoms with Gasteiger partial charge >= 0.3 is 0 Å². The average Bonchev–Trinajstić information content (AvgIpc) is 3.49. The molecule has 2 N–H and O–H groups in total. The molecule has 0 bridgehead atoms. The third kappa shape index (κ3) is 8.27. The smallest absolute Gasteiger partial charge is 0.220 e. The largest absolute Gasteiger partial charge is 0.353 e. The molecule has 1 amide bonds. The van der Waals surface area contributed by atoms with Crippen molar-refractivity contribution >= 4 is 11.6 Å². The predicted molar refractivity (Wildman–Crippen MR) is 130 cm³/mol. The van der Waals surface area contributed by atoms with Crippen LogP contribution in [0, 0.1) is 29.1 Å². The number of carbonyl (C=O) groups excluding carboxylic acids is 1. The molecule has 0 spiro atoms. The zero-order valence-corrected chi connectivity index (χ0v) is 19.6. The van der Waals surface area contributed by atoms with Crippen molar-refractivity contribution in [1.29, 1.82) is 5.41 Å². The van der Waals surface area contributed by atoms with E-state index in [9.17, 15) is 4.79 Å². The first-order valence-corrected chi connectivity index (χ1v) is 12.6. The normalized spacial score (nSPS) is 22.5. The molecular formula is C28H42N2O. The maximum absolute atomic E-state index is 11.8. The second kappa shape index (κ2) is 12.2. The summed E-state index contributed by atoms with van der Waals surface area (Å²) in [4.78, 5) is 11.8. The molecule has 1 saturated carbocycles. The van der Waals surface area contributed by atoms with Crippen LogP contribution in [0.15, 0.2) is 42.5 Å². The van der Waals surface area contributed by atoms with Gasteiger partial charge in [0.25, 0.3) is 0 Å². The summed E-state index contributed by atoms with van der Waals surface area (Å²) in [5.41, 5.74) is 2.27. The predicted octanol–water partition coefficient (Wildman–Crippen LogP) is 6.72. The van der Waals surface area contributed by atoms with Crippen LogP contribution in [0.5, 0.6) is 0 Å². The van der Waals surface area contributed by atoms with Gasteiger partial charge in [-0.15, -0.1) is 0 Å².